The van der Waals surface area contributed by atoms with Crippen LogP contribution in [-0.2, 0) is 9.84 Å². The van der Waals surface area contributed by atoms with Crippen molar-refractivity contribution in [2.45, 2.75) is 32.1 Å². The van der Waals surface area contributed by atoms with Crippen LogP contribution >= 0.6 is 0 Å². The Labute approximate surface area is 121 Å². The molecule has 3 nitrogen and oxygen atoms in total. The first-order valence-electron chi connectivity index (χ1n) is 7.49. The summed E-state index contributed by atoms with van der Waals surface area (Å²) in [6, 6.07) is 8.77. The number of piperidine rings is 1. The molecular weight excluding hydrogens is 270 g/mol. The van der Waals surface area contributed by atoms with Crippen LogP contribution in [0.15, 0.2) is 24.3 Å². The van der Waals surface area contributed by atoms with Gasteiger partial charge in [-0.1, -0.05) is 29.8 Å². The van der Waals surface area contributed by atoms with Gasteiger partial charge in [-0.3, -0.25) is 0 Å². The predicted octanol–water partition coefficient (Wildman–Crippen LogP) is 2.27. The maximum atomic E-state index is 11.7. The highest BCUT2D eigenvalue weighted by atomic mass is 32.2. The molecule has 1 aromatic carbocycles. The van der Waals surface area contributed by atoms with Crippen molar-refractivity contribution in [3.8, 4) is 0 Å². The summed E-state index contributed by atoms with van der Waals surface area (Å²) < 4.78 is 23.5. The summed E-state index contributed by atoms with van der Waals surface area (Å²) >= 11 is 0. The molecule has 0 radical (unpaired) electrons. The fraction of sp³-hybridized carbons (Fsp3) is 0.625. The summed E-state index contributed by atoms with van der Waals surface area (Å²) in [7, 11) is -2.79. The molecule has 0 aliphatic carbocycles. The van der Waals surface area contributed by atoms with Gasteiger partial charge in [0.05, 0.1) is 11.5 Å². The summed E-state index contributed by atoms with van der Waals surface area (Å²) in [5, 5.41) is 3.49. The second kappa shape index (κ2) is 5.15. The van der Waals surface area contributed by atoms with Gasteiger partial charge in [0.25, 0.3) is 0 Å². The molecule has 2 aliphatic rings. The van der Waals surface area contributed by atoms with Crippen LogP contribution in [0.2, 0.25) is 0 Å². The van der Waals surface area contributed by atoms with Crippen LogP contribution in [0.5, 0.6) is 0 Å². The standard InChI is InChI=1S/C16H23NO2S/c1-13-2-4-14(5-3-13)15-12-17-9-6-16(15)7-10-20(18,19)11-8-16/h2-5,15,17H,6-12H2,1H3. The number of hydrogen-bond donors (Lipinski definition) is 1. The predicted molar refractivity (Wildman–Crippen MR) is 81.7 cm³/mol. The molecule has 1 N–H and O–H groups in total. The lowest BCUT2D eigenvalue weighted by Crippen LogP contribution is -2.47. The first-order chi connectivity index (χ1) is 9.51. The van der Waals surface area contributed by atoms with Crippen LogP contribution in [0.3, 0.4) is 0 Å². The molecule has 1 atom stereocenters. The molecule has 0 bridgehead atoms. The Hall–Kier alpha value is -0.870. The highest BCUT2D eigenvalue weighted by Crippen LogP contribution is 2.48. The van der Waals surface area contributed by atoms with Crippen molar-refractivity contribution in [1.29, 1.82) is 0 Å². The minimum Gasteiger partial charge on any atom is -0.316 e. The van der Waals surface area contributed by atoms with E-state index in [1.807, 2.05) is 0 Å². The molecule has 1 spiro atoms. The zero-order valence-electron chi connectivity index (χ0n) is 12.1. The summed E-state index contributed by atoms with van der Waals surface area (Å²) in [4.78, 5) is 0. The Kier molecular flexibility index (Phi) is 3.63. The zero-order chi connectivity index (χ0) is 14.2. The SMILES string of the molecule is Cc1ccc(C2CNCCC23CCS(=O)(=O)CC3)cc1. The van der Waals surface area contributed by atoms with Crippen LogP contribution < -0.4 is 5.32 Å². The zero-order valence-corrected chi connectivity index (χ0v) is 12.9. The quantitative estimate of drug-likeness (QED) is 0.864. The van der Waals surface area contributed by atoms with E-state index in [1.165, 1.54) is 11.1 Å². The first-order valence-corrected chi connectivity index (χ1v) is 9.31. The molecule has 3 rings (SSSR count). The number of benzene rings is 1. The smallest absolute Gasteiger partial charge is 0.150 e. The summed E-state index contributed by atoms with van der Waals surface area (Å²) in [5.74, 6) is 1.19. The number of hydrogen-bond acceptors (Lipinski definition) is 3. The maximum Gasteiger partial charge on any atom is 0.150 e. The van der Waals surface area contributed by atoms with Crippen molar-refractivity contribution < 1.29 is 8.42 Å². The molecule has 2 heterocycles. The molecule has 110 valence electrons. The summed E-state index contributed by atoms with van der Waals surface area (Å²) in [6.45, 7) is 4.09. The molecule has 1 unspecified atom stereocenters. The molecule has 20 heavy (non-hydrogen) atoms. The van der Waals surface area contributed by atoms with Gasteiger partial charge in [-0.05, 0) is 43.7 Å². The molecule has 0 aromatic heterocycles. The van der Waals surface area contributed by atoms with Gasteiger partial charge in [0.2, 0.25) is 0 Å². The van der Waals surface area contributed by atoms with Gasteiger partial charge in [0, 0.05) is 12.5 Å². The van der Waals surface area contributed by atoms with Crippen LogP contribution in [0.4, 0.5) is 0 Å². The van der Waals surface area contributed by atoms with E-state index in [9.17, 15) is 8.42 Å². The maximum absolute atomic E-state index is 11.7. The molecular formula is C16H23NO2S. The topological polar surface area (TPSA) is 46.2 Å². The van der Waals surface area contributed by atoms with Crippen molar-refractivity contribution in [3.63, 3.8) is 0 Å². The van der Waals surface area contributed by atoms with Gasteiger partial charge >= 0.3 is 0 Å². The van der Waals surface area contributed by atoms with Crippen LogP contribution in [0, 0.1) is 12.3 Å². The Morgan fingerprint density at radius 3 is 2.40 bits per heavy atom. The first kappa shape index (κ1) is 14.1. The van der Waals surface area contributed by atoms with E-state index in [1.54, 1.807) is 0 Å². The second-order valence-electron chi connectivity index (χ2n) is 6.43. The normalized spacial score (nSPS) is 28.4. The number of nitrogens with one attached hydrogen (secondary N) is 1. The van der Waals surface area contributed by atoms with E-state index in [0.717, 1.165) is 32.4 Å². The molecule has 2 saturated heterocycles. The van der Waals surface area contributed by atoms with Crippen molar-refractivity contribution in [2.24, 2.45) is 5.41 Å². The van der Waals surface area contributed by atoms with E-state index >= 15 is 0 Å². The molecule has 4 heteroatoms. The third-order valence-electron chi connectivity index (χ3n) is 5.19. The molecule has 0 amide bonds. The fourth-order valence-corrected chi connectivity index (χ4v) is 5.43. The summed E-state index contributed by atoms with van der Waals surface area (Å²) in [5.41, 5.74) is 2.83. The number of rotatable bonds is 1. The average molecular weight is 293 g/mol. The lowest BCUT2D eigenvalue weighted by atomic mass is 9.64. The van der Waals surface area contributed by atoms with Gasteiger partial charge in [-0.25, -0.2) is 8.42 Å². The second-order valence-corrected chi connectivity index (χ2v) is 8.74. The van der Waals surface area contributed by atoms with Crippen molar-refractivity contribution in [3.05, 3.63) is 35.4 Å². The van der Waals surface area contributed by atoms with Gasteiger partial charge in [-0.2, -0.15) is 0 Å². The molecule has 0 saturated carbocycles. The Bertz CT molecular complexity index is 563. The van der Waals surface area contributed by atoms with E-state index in [4.69, 9.17) is 0 Å². The van der Waals surface area contributed by atoms with Gasteiger partial charge in [0.15, 0.2) is 0 Å². The minimum absolute atomic E-state index is 0.186. The third kappa shape index (κ3) is 2.63. The third-order valence-corrected chi connectivity index (χ3v) is 6.84. The fourth-order valence-electron chi connectivity index (χ4n) is 3.79. The van der Waals surface area contributed by atoms with E-state index in [-0.39, 0.29) is 5.41 Å². The lowest BCUT2D eigenvalue weighted by molar-refractivity contribution is 0.144. The Balaban J connectivity index is 1.89. The Morgan fingerprint density at radius 2 is 1.75 bits per heavy atom. The summed E-state index contributed by atoms with van der Waals surface area (Å²) in [6.07, 6.45) is 2.76. The van der Waals surface area contributed by atoms with Crippen LogP contribution in [0.25, 0.3) is 0 Å². The number of aryl methyl sites for hydroxylation is 1. The van der Waals surface area contributed by atoms with E-state index in [2.05, 4.69) is 36.5 Å². The number of sulfone groups is 1. The van der Waals surface area contributed by atoms with Gasteiger partial charge in [0.1, 0.15) is 9.84 Å². The lowest BCUT2D eigenvalue weighted by Gasteiger charge is -2.47. The highest BCUT2D eigenvalue weighted by Gasteiger charge is 2.44. The van der Waals surface area contributed by atoms with E-state index in [0.29, 0.717) is 17.4 Å². The van der Waals surface area contributed by atoms with Gasteiger partial charge < -0.3 is 5.32 Å². The van der Waals surface area contributed by atoms with Crippen molar-refractivity contribution in [2.75, 3.05) is 24.6 Å². The highest BCUT2D eigenvalue weighted by molar-refractivity contribution is 7.91. The largest absolute Gasteiger partial charge is 0.316 e. The van der Waals surface area contributed by atoms with Crippen LogP contribution in [-0.4, -0.2) is 33.0 Å². The molecule has 2 fully saturated rings. The van der Waals surface area contributed by atoms with Gasteiger partial charge in [-0.15, -0.1) is 0 Å². The van der Waals surface area contributed by atoms with Crippen molar-refractivity contribution in [1.82, 2.24) is 5.32 Å². The monoisotopic (exact) mass is 293 g/mol. The Morgan fingerprint density at radius 1 is 1.10 bits per heavy atom. The average Bonchev–Trinajstić information content (AvgIpc) is 2.44. The minimum atomic E-state index is -2.79. The molecule has 1 aromatic rings. The van der Waals surface area contributed by atoms with Crippen molar-refractivity contribution >= 4 is 9.84 Å². The van der Waals surface area contributed by atoms with E-state index < -0.39 is 9.84 Å². The molecule has 2 aliphatic heterocycles. The van der Waals surface area contributed by atoms with Crippen LogP contribution in [0.1, 0.15) is 36.3 Å².